The molecule has 0 radical (unpaired) electrons. The number of carbonyl (C=O) groups excluding carboxylic acids is 2. The molecule has 7 heteroatoms. The van der Waals surface area contributed by atoms with E-state index in [2.05, 4.69) is 12.2 Å². The summed E-state index contributed by atoms with van der Waals surface area (Å²) in [4.78, 5) is 26.1. The van der Waals surface area contributed by atoms with E-state index in [0.29, 0.717) is 41.7 Å². The van der Waals surface area contributed by atoms with Crippen molar-refractivity contribution in [2.24, 2.45) is 5.92 Å². The molecule has 2 rings (SSSR count). The molecule has 0 unspecified atom stereocenters. The third-order valence-electron chi connectivity index (χ3n) is 4.29. The van der Waals surface area contributed by atoms with Crippen molar-refractivity contribution in [3.63, 3.8) is 0 Å². The zero-order valence-corrected chi connectivity index (χ0v) is 15.9. The maximum absolute atomic E-state index is 12.3. The lowest BCUT2D eigenvalue weighted by Gasteiger charge is -2.31. The van der Waals surface area contributed by atoms with Gasteiger partial charge in [-0.2, -0.15) is 0 Å². The first kappa shape index (κ1) is 19.9. The molecule has 1 aromatic rings. The van der Waals surface area contributed by atoms with Gasteiger partial charge < -0.3 is 15.0 Å². The van der Waals surface area contributed by atoms with Crippen molar-refractivity contribution >= 4 is 35.0 Å². The van der Waals surface area contributed by atoms with Gasteiger partial charge in [0.05, 0.1) is 5.02 Å². The molecular weight excluding hydrogens is 363 g/mol. The number of unbranched alkanes of at least 4 members (excludes halogenated alkanes) is 1. The molecule has 25 heavy (non-hydrogen) atoms. The molecule has 138 valence electrons. The average Bonchev–Trinajstić information content (AvgIpc) is 2.61. The molecule has 0 atom stereocenters. The molecule has 0 saturated carbocycles. The normalized spacial score (nSPS) is 15.1. The lowest BCUT2D eigenvalue weighted by molar-refractivity contribution is -0.137. The van der Waals surface area contributed by atoms with Crippen LogP contribution in [-0.2, 0) is 9.59 Å². The SMILES string of the molecule is CCCCNC(=O)C1CCN(C(=O)COc2ccc(Cl)cc2Cl)CC1. The molecule has 5 nitrogen and oxygen atoms in total. The molecule has 1 aliphatic rings. The molecule has 1 aromatic carbocycles. The number of nitrogens with one attached hydrogen (secondary N) is 1. The van der Waals surface area contributed by atoms with E-state index >= 15 is 0 Å². The van der Waals surface area contributed by atoms with Crippen LogP contribution in [0.5, 0.6) is 5.75 Å². The van der Waals surface area contributed by atoms with Crippen molar-refractivity contribution < 1.29 is 14.3 Å². The molecule has 1 N–H and O–H groups in total. The molecule has 1 saturated heterocycles. The van der Waals surface area contributed by atoms with Crippen LogP contribution in [0.3, 0.4) is 0 Å². The van der Waals surface area contributed by atoms with Crippen LogP contribution in [0.1, 0.15) is 32.6 Å². The van der Waals surface area contributed by atoms with Crippen LogP contribution >= 0.6 is 23.2 Å². The molecular formula is C18H24Cl2N2O3. The number of halogens is 2. The fourth-order valence-corrected chi connectivity index (χ4v) is 3.21. The summed E-state index contributed by atoms with van der Waals surface area (Å²) in [6.45, 7) is 3.89. The van der Waals surface area contributed by atoms with Gasteiger partial charge in [0.25, 0.3) is 5.91 Å². The van der Waals surface area contributed by atoms with Crippen molar-refractivity contribution in [1.29, 1.82) is 0 Å². The lowest BCUT2D eigenvalue weighted by Crippen LogP contribution is -2.44. The number of nitrogens with zero attached hydrogens (tertiary/aromatic N) is 1. The van der Waals surface area contributed by atoms with Crippen LogP contribution in [0, 0.1) is 5.92 Å². The number of hydrogen-bond donors (Lipinski definition) is 1. The van der Waals surface area contributed by atoms with Gasteiger partial charge in [-0.05, 0) is 37.5 Å². The van der Waals surface area contributed by atoms with Crippen LogP contribution in [0.25, 0.3) is 0 Å². The third-order valence-corrected chi connectivity index (χ3v) is 4.82. The van der Waals surface area contributed by atoms with E-state index in [1.807, 2.05) is 0 Å². The van der Waals surface area contributed by atoms with Gasteiger partial charge in [0.2, 0.25) is 5.91 Å². The van der Waals surface area contributed by atoms with E-state index in [9.17, 15) is 9.59 Å². The number of amides is 2. The van der Waals surface area contributed by atoms with Gasteiger partial charge in [-0.1, -0.05) is 36.5 Å². The summed E-state index contributed by atoms with van der Waals surface area (Å²) in [6.07, 6.45) is 3.43. The zero-order chi connectivity index (χ0) is 18.2. The standard InChI is InChI=1S/C18H24Cl2N2O3/c1-2-3-8-21-18(24)13-6-9-22(10-7-13)17(23)12-25-16-5-4-14(19)11-15(16)20/h4-5,11,13H,2-3,6-10,12H2,1H3,(H,21,24). The molecule has 1 heterocycles. The van der Waals surface area contributed by atoms with E-state index in [1.54, 1.807) is 23.1 Å². The fourth-order valence-electron chi connectivity index (χ4n) is 2.75. The molecule has 1 fully saturated rings. The Hall–Kier alpha value is -1.46. The first-order valence-electron chi connectivity index (χ1n) is 8.64. The molecule has 2 amide bonds. The topological polar surface area (TPSA) is 58.6 Å². The van der Waals surface area contributed by atoms with Crippen molar-refractivity contribution in [2.45, 2.75) is 32.6 Å². The molecule has 0 spiro atoms. The lowest BCUT2D eigenvalue weighted by atomic mass is 9.96. The Kier molecular flexibility index (Phi) is 7.85. The summed E-state index contributed by atoms with van der Waals surface area (Å²) in [5, 5.41) is 3.86. The minimum atomic E-state index is -0.101. The van der Waals surface area contributed by atoms with Crippen LogP contribution in [0.4, 0.5) is 0 Å². The minimum absolute atomic E-state index is 0.00691. The quantitative estimate of drug-likeness (QED) is 0.729. The van der Waals surface area contributed by atoms with Crippen LogP contribution in [0.15, 0.2) is 18.2 Å². The van der Waals surface area contributed by atoms with Gasteiger partial charge in [0, 0.05) is 30.6 Å². The van der Waals surface area contributed by atoms with E-state index in [4.69, 9.17) is 27.9 Å². The number of carbonyl (C=O) groups is 2. The van der Waals surface area contributed by atoms with Crippen molar-refractivity contribution in [2.75, 3.05) is 26.2 Å². The number of piperidine rings is 1. The molecule has 0 aliphatic carbocycles. The molecule has 1 aliphatic heterocycles. The minimum Gasteiger partial charge on any atom is -0.482 e. The van der Waals surface area contributed by atoms with Crippen LogP contribution in [0.2, 0.25) is 10.0 Å². The Morgan fingerprint density at radius 3 is 2.64 bits per heavy atom. The van der Waals surface area contributed by atoms with Crippen molar-refractivity contribution in [1.82, 2.24) is 10.2 Å². The number of rotatable bonds is 7. The fraction of sp³-hybridized carbons (Fsp3) is 0.556. The highest BCUT2D eigenvalue weighted by Crippen LogP contribution is 2.27. The Morgan fingerprint density at radius 2 is 2.00 bits per heavy atom. The second-order valence-corrected chi connectivity index (χ2v) is 7.01. The first-order valence-corrected chi connectivity index (χ1v) is 9.40. The Morgan fingerprint density at radius 1 is 1.28 bits per heavy atom. The molecule has 0 aromatic heterocycles. The van der Waals surface area contributed by atoms with Gasteiger partial charge in [-0.3, -0.25) is 9.59 Å². The highest BCUT2D eigenvalue weighted by atomic mass is 35.5. The third kappa shape index (κ3) is 6.08. The van der Waals surface area contributed by atoms with E-state index in [-0.39, 0.29) is 24.3 Å². The average molecular weight is 387 g/mol. The van der Waals surface area contributed by atoms with Crippen molar-refractivity contribution in [3.05, 3.63) is 28.2 Å². The summed E-state index contributed by atoms with van der Waals surface area (Å²) < 4.78 is 5.49. The van der Waals surface area contributed by atoms with Gasteiger partial charge in [-0.15, -0.1) is 0 Å². The molecule has 0 bridgehead atoms. The summed E-state index contributed by atoms with van der Waals surface area (Å²) in [6, 6.07) is 4.88. The van der Waals surface area contributed by atoms with E-state index < -0.39 is 0 Å². The second kappa shape index (κ2) is 9.88. The summed E-state index contributed by atoms with van der Waals surface area (Å²) in [5.41, 5.74) is 0. The monoisotopic (exact) mass is 386 g/mol. The Labute approximate surface area is 158 Å². The smallest absolute Gasteiger partial charge is 0.260 e. The predicted molar refractivity (Wildman–Crippen MR) is 99.2 cm³/mol. The summed E-state index contributed by atoms with van der Waals surface area (Å²) >= 11 is 11.9. The van der Waals surface area contributed by atoms with Gasteiger partial charge >= 0.3 is 0 Å². The number of hydrogen-bond acceptors (Lipinski definition) is 3. The van der Waals surface area contributed by atoms with Gasteiger partial charge in [0.15, 0.2) is 6.61 Å². The van der Waals surface area contributed by atoms with Crippen LogP contribution in [-0.4, -0.2) is 43.0 Å². The van der Waals surface area contributed by atoms with Gasteiger partial charge in [0.1, 0.15) is 5.75 Å². The van der Waals surface area contributed by atoms with Crippen molar-refractivity contribution in [3.8, 4) is 5.75 Å². The summed E-state index contributed by atoms with van der Waals surface area (Å²) in [5.74, 6) is 0.428. The highest BCUT2D eigenvalue weighted by molar-refractivity contribution is 6.35. The first-order chi connectivity index (χ1) is 12.0. The van der Waals surface area contributed by atoms with E-state index in [0.717, 1.165) is 19.4 Å². The Bertz CT molecular complexity index is 602. The maximum Gasteiger partial charge on any atom is 0.260 e. The number of ether oxygens (including phenoxy) is 1. The predicted octanol–water partition coefficient (Wildman–Crippen LogP) is 3.53. The maximum atomic E-state index is 12.3. The van der Waals surface area contributed by atoms with E-state index in [1.165, 1.54) is 0 Å². The highest BCUT2D eigenvalue weighted by Gasteiger charge is 2.27. The Balaban J connectivity index is 1.74. The number of benzene rings is 1. The summed E-state index contributed by atoms with van der Waals surface area (Å²) in [7, 11) is 0. The zero-order valence-electron chi connectivity index (χ0n) is 14.4. The largest absolute Gasteiger partial charge is 0.482 e. The van der Waals surface area contributed by atoms with Crippen LogP contribution < -0.4 is 10.1 Å². The van der Waals surface area contributed by atoms with Gasteiger partial charge in [-0.25, -0.2) is 0 Å². The second-order valence-electron chi connectivity index (χ2n) is 6.16. The number of likely N-dealkylation sites (tertiary alicyclic amines) is 1.